The maximum absolute atomic E-state index is 12.2. The van der Waals surface area contributed by atoms with Crippen LogP contribution in [0.1, 0.15) is 12.8 Å². The van der Waals surface area contributed by atoms with Crippen LogP contribution in [0.3, 0.4) is 0 Å². The summed E-state index contributed by atoms with van der Waals surface area (Å²) >= 11 is 0. The average Bonchev–Trinajstić information content (AvgIpc) is 1.69. The van der Waals surface area contributed by atoms with Gasteiger partial charge in [0, 0.05) is 0 Å². The third-order valence-electron chi connectivity index (χ3n) is 2.83. The molecule has 0 heterocycles. The quantitative estimate of drug-likeness (QED) is 0.576. The predicted molar refractivity (Wildman–Crippen MR) is 33.3 cm³/mol. The van der Waals surface area contributed by atoms with Crippen LogP contribution in [-0.2, 0) is 0 Å². The highest BCUT2D eigenvalue weighted by molar-refractivity contribution is 5.07. The van der Waals surface area contributed by atoms with Gasteiger partial charge in [0.15, 0.2) is 5.41 Å². The number of rotatable bonds is 0. The molecule has 0 aromatic carbocycles. The van der Waals surface area contributed by atoms with Gasteiger partial charge in [-0.15, -0.1) is 0 Å². The molecular weight excluding hydrogens is 255 g/mol. The molecule has 0 spiro atoms. The normalized spacial score (nSPS) is 26.4. The fourth-order valence-corrected chi connectivity index (χ4v) is 1.86. The zero-order chi connectivity index (χ0) is 13.0. The summed E-state index contributed by atoms with van der Waals surface area (Å²) in [4.78, 5) is 0. The van der Waals surface area contributed by atoms with Gasteiger partial charge in [-0.1, -0.05) is 0 Å². The molecule has 0 aromatic heterocycles. The molecule has 9 heteroatoms. The van der Waals surface area contributed by atoms with Gasteiger partial charge >= 0.3 is 18.5 Å². The highest BCUT2D eigenvalue weighted by atomic mass is 19.4. The maximum atomic E-state index is 12.2. The molecule has 0 nitrogen and oxygen atoms in total. The van der Waals surface area contributed by atoms with Crippen LogP contribution >= 0.6 is 0 Å². The van der Waals surface area contributed by atoms with Crippen LogP contribution < -0.4 is 0 Å². The van der Waals surface area contributed by atoms with Gasteiger partial charge in [0.05, 0.1) is 5.92 Å². The Hall–Kier alpha value is -0.630. The van der Waals surface area contributed by atoms with Crippen molar-refractivity contribution in [2.75, 3.05) is 0 Å². The van der Waals surface area contributed by atoms with E-state index in [1.165, 1.54) is 0 Å². The minimum absolute atomic E-state index is 1.15. The van der Waals surface area contributed by atoms with Gasteiger partial charge in [-0.25, -0.2) is 0 Å². The molecule has 0 amide bonds. The third kappa shape index (κ3) is 1.64. The Morgan fingerprint density at radius 1 is 0.750 bits per heavy atom. The van der Waals surface area contributed by atoms with E-state index in [0.717, 1.165) is 0 Å². The molecular formula is C7H5F9. The summed E-state index contributed by atoms with van der Waals surface area (Å²) in [6.45, 7) is 0. The Balaban J connectivity index is 3.20. The minimum atomic E-state index is -5.94. The summed E-state index contributed by atoms with van der Waals surface area (Å²) in [5.74, 6) is -3.39. The van der Waals surface area contributed by atoms with Crippen LogP contribution in [-0.4, -0.2) is 18.5 Å². The summed E-state index contributed by atoms with van der Waals surface area (Å²) in [5.41, 5.74) is -4.63. The van der Waals surface area contributed by atoms with Crippen molar-refractivity contribution in [3.63, 3.8) is 0 Å². The molecule has 1 atom stereocenters. The largest absolute Gasteiger partial charge is 0.403 e. The van der Waals surface area contributed by atoms with Crippen LogP contribution in [0.25, 0.3) is 0 Å². The zero-order valence-electron chi connectivity index (χ0n) is 7.39. The van der Waals surface area contributed by atoms with Crippen LogP contribution in [0, 0.1) is 11.3 Å². The number of hydrogen-bond donors (Lipinski definition) is 0. The van der Waals surface area contributed by atoms with Crippen LogP contribution in [0.4, 0.5) is 39.5 Å². The Labute approximate surface area is 83.4 Å². The van der Waals surface area contributed by atoms with Gasteiger partial charge in [0.1, 0.15) is 0 Å². The van der Waals surface area contributed by atoms with E-state index in [1.807, 2.05) is 0 Å². The van der Waals surface area contributed by atoms with Gasteiger partial charge < -0.3 is 0 Å². The molecule has 16 heavy (non-hydrogen) atoms. The lowest BCUT2D eigenvalue weighted by Gasteiger charge is -2.50. The fraction of sp³-hybridized carbons (Fsp3) is 1.00. The molecule has 0 aromatic rings. The first-order valence-corrected chi connectivity index (χ1v) is 4.04. The lowest BCUT2D eigenvalue weighted by molar-refractivity contribution is -0.420. The first kappa shape index (κ1) is 13.4. The lowest BCUT2D eigenvalue weighted by atomic mass is 9.58. The van der Waals surface area contributed by atoms with Crippen LogP contribution in [0.2, 0.25) is 0 Å². The summed E-state index contributed by atoms with van der Waals surface area (Å²) < 4.78 is 109. The standard InChI is InChI=1S/C7H5F9/c8-5(9,10)3-1-2-4(3,6(11,12)13)7(14,15)16/h3H,1-2H2. The Morgan fingerprint density at radius 2 is 1.12 bits per heavy atom. The molecule has 1 aliphatic rings. The molecule has 0 saturated heterocycles. The average molecular weight is 260 g/mol. The molecule has 1 unspecified atom stereocenters. The van der Waals surface area contributed by atoms with Crippen molar-refractivity contribution in [2.24, 2.45) is 11.3 Å². The molecule has 1 fully saturated rings. The van der Waals surface area contributed by atoms with Crippen molar-refractivity contribution in [3.05, 3.63) is 0 Å². The Bertz CT molecular complexity index is 253. The van der Waals surface area contributed by atoms with E-state index < -0.39 is 42.7 Å². The predicted octanol–water partition coefficient (Wildman–Crippen LogP) is 4.07. The molecule has 0 bridgehead atoms. The highest BCUT2D eigenvalue weighted by Crippen LogP contribution is 2.68. The van der Waals surface area contributed by atoms with Crippen molar-refractivity contribution in [1.82, 2.24) is 0 Å². The van der Waals surface area contributed by atoms with E-state index in [1.54, 1.807) is 0 Å². The molecule has 1 saturated carbocycles. The van der Waals surface area contributed by atoms with Crippen LogP contribution in [0.5, 0.6) is 0 Å². The number of hydrogen-bond acceptors (Lipinski definition) is 0. The fourth-order valence-electron chi connectivity index (χ4n) is 1.86. The Kier molecular flexibility index (Phi) is 2.68. The van der Waals surface area contributed by atoms with Gasteiger partial charge in [-0.2, -0.15) is 39.5 Å². The van der Waals surface area contributed by atoms with E-state index in [2.05, 4.69) is 0 Å². The third-order valence-corrected chi connectivity index (χ3v) is 2.83. The van der Waals surface area contributed by atoms with Gasteiger partial charge in [0.2, 0.25) is 0 Å². The summed E-state index contributed by atoms with van der Waals surface area (Å²) in [7, 11) is 0. The first-order chi connectivity index (χ1) is 6.84. The Morgan fingerprint density at radius 3 is 1.19 bits per heavy atom. The summed E-state index contributed by atoms with van der Waals surface area (Å²) in [6, 6.07) is 0. The van der Waals surface area contributed by atoms with Crippen LogP contribution in [0.15, 0.2) is 0 Å². The second-order valence-electron chi connectivity index (χ2n) is 3.60. The topological polar surface area (TPSA) is 0 Å². The second-order valence-corrected chi connectivity index (χ2v) is 3.60. The molecule has 0 N–H and O–H groups in total. The highest BCUT2D eigenvalue weighted by Gasteiger charge is 2.82. The van der Waals surface area contributed by atoms with Crippen molar-refractivity contribution in [3.8, 4) is 0 Å². The van der Waals surface area contributed by atoms with Crippen molar-refractivity contribution in [2.45, 2.75) is 31.4 Å². The van der Waals surface area contributed by atoms with Crippen molar-refractivity contribution < 1.29 is 39.5 Å². The van der Waals surface area contributed by atoms with Crippen molar-refractivity contribution in [1.29, 1.82) is 0 Å². The van der Waals surface area contributed by atoms with E-state index in [9.17, 15) is 39.5 Å². The smallest absolute Gasteiger partial charge is 0.171 e. The van der Waals surface area contributed by atoms with Crippen molar-refractivity contribution >= 4 is 0 Å². The summed E-state index contributed by atoms with van der Waals surface area (Å²) in [5, 5.41) is 0. The first-order valence-electron chi connectivity index (χ1n) is 4.04. The zero-order valence-corrected chi connectivity index (χ0v) is 7.39. The molecule has 96 valence electrons. The maximum Gasteiger partial charge on any atom is 0.403 e. The van der Waals surface area contributed by atoms with E-state index in [4.69, 9.17) is 0 Å². The van der Waals surface area contributed by atoms with E-state index in [-0.39, 0.29) is 0 Å². The van der Waals surface area contributed by atoms with E-state index in [0.29, 0.717) is 0 Å². The molecule has 0 aliphatic heterocycles. The second kappa shape index (κ2) is 3.19. The molecule has 1 rings (SSSR count). The lowest BCUT2D eigenvalue weighted by Crippen LogP contribution is -2.64. The van der Waals surface area contributed by atoms with Gasteiger partial charge in [0.25, 0.3) is 0 Å². The SMILES string of the molecule is FC(F)(F)C1CCC1(C(F)(F)F)C(F)(F)F. The number of alkyl halides is 9. The van der Waals surface area contributed by atoms with Gasteiger partial charge in [-0.05, 0) is 12.8 Å². The van der Waals surface area contributed by atoms with E-state index >= 15 is 0 Å². The van der Waals surface area contributed by atoms with Gasteiger partial charge in [-0.3, -0.25) is 0 Å². The monoisotopic (exact) mass is 260 g/mol. The minimum Gasteiger partial charge on any atom is -0.171 e. The number of halogens is 9. The molecule has 0 radical (unpaired) electrons. The molecule has 1 aliphatic carbocycles. The summed E-state index contributed by atoms with van der Waals surface area (Å²) in [6.07, 6.45) is -20.1.